The Morgan fingerprint density at radius 2 is 1.77 bits per heavy atom. The van der Waals surface area contributed by atoms with Crippen LogP contribution in [0.2, 0.25) is 5.02 Å². The number of aromatic nitrogens is 2. The maximum absolute atomic E-state index is 12.9. The van der Waals surface area contributed by atoms with Crippen LogP contribution >= 0.6 is 11.6 Å². The fourth-order valence-corrected chi connectivity index (χ4v) is 4.63. The minimum absolute atomic E-state index is 0.152. The molecule has 0 N–H and O–H groups in total. The van der Waals surface area contributed by atoms with E-state index in [1.165, 1.54) is 4.68 Å². The van der Waals surface area contributed by atoms with Crippen LogP contribution in [0, 0.1) is 0 Å². The average molecular weight is 493 g/mol. The van der Waals surface area contributed by atoms with Crippen LogP contribution in [-0.4, -0.2) is 53.4 Å². The summed E-state index contributed by atoms with van der Waals surface area (Å²) in [6, 6.07) is 16.7. The number of anilines is 1. The van der Waals surface area contributed by atoms with Crippen molar-refractivity contribution in [2.75, 3.05) is 37.7 Å². The zero-order chi connectivity index (χ0) is 24.4. The molecule has 3 heterocycles. The molecule has 0 saturated carbocycles. The molecule has 0 bridgehead atoms. The topological polar surface area (TPSA) is 80.8 Å². The molecule has 1 fully saturated rings. The number of ether oxygens (including phenoxy) is 1. The first-order chi connectivity index (χ1) is 17.1. The normalized spacial score (nSPS) is 14.4. The zero-order valence-electron chi connectivity index (χ0n) is 19.3. The molecular weight excluding hydrogens is 468 g/mol. The van der Waals surface area contributed by atoms with Crippen LogP contribution in [0.4, 0.5) is 5.69 Å². The van der Waals surface area contributed by atoms with Gasteiger partial charge in [-0.3, -0.25) is 9.69 Å². The molecule has 35 heavy (non-hydrogen) atoms. The van der Waals surface area contributed by atoms with Gasteiger partial charge in [-0.1, -0.05) is 48.0 Å². The lowest BCUT2D eigenvalue weighted by Gasteiger charge is -2.35. The van der Waals surface area contributed by atoms with Gasteiger partial charge in [0.05, 0.1) is 30.7 Å². The number of furan rings is 1. The van der Waals surface area contributed by atoms with E-state index >= 15 is 0 Å². The second kappa shape index (κ2) is 9.93. The summed E-state index contributed by atoms with van der Waals surface area (Å²) >= 11 is 6.48. The number of halogens is 1. The molecule has 9 heteroatoms. The highest BCUT2D eigenvalue weighted by Gasteiger charge is 2.26. The smallest absolute Gasteiger partial charge is 0.342 e. The van der Waals surface area contributed by atoms with Gasteiger partial charge < -0.3 is 14.1 Å². The minimum atomic E-state index is -0.372. The number of benzene rings is 2. The van der Waals surface area contributed by atoms with E-state index in [0.29, 0.717) is 67.6 Å². The van der Waals surface area contributed by atoms with Gasteiger partial charge in [-0.25, -0.2) is 4.79 Å². The lowest BCUT2D eigenvalue weighted by molar-refractivity contribution is 0.0524. The number of fused-ring (bicyclic) bond motifs is 1. The Labute approximate surface area is 207 Å². The van der Waals surface area contributed by atoms with E-state index in [-0.39, 0.29) is 16.6 Å². The van der Waals surface area contributed by atoms with Crippen molar-refractivity contribution in [3.63, 3.8) is 0 Å². The first kappa shape index (κ1) is 23.1. The number of carbonyl (C=O) groups excluding carboxylic acids is 1. The van der Waals surface area contributed by atoms with Gasteiger partial charge in [0.1, 0.15) is 21.9 Å². The second-order valence-electron chi connectivity index (χ2n) is 8.28. The van der Waals surface area contributed by atoms with Crippen LogP contribution < -0.4 is 10.5 Å². The summed E-state index contributed by atoms with van der Waals surface area (Å²) in [5, 5.41) is 5.25. The lowest BCUT2D eigenvalue weighted by atomic mass is 10.1. The predicted octanol–water partition coefficient (Wildman–Crippen LogP) is 4.13. The molecule has 0 amide bonds. The summed E-state index contributed by atoms with van der Waals surface area (Å²) < 4.78 is 12.6. The van der Waals surface area contributed by atoms with Gasteiger partial charge in [-0.05, 0) is 25.1 Å². The van der Waals surface area contributed by atoms with E-state index in [2.05, 4.69) is 14.9 Å². The number of piperazine rings is 1. The Morgan fingerprint density at radius 1 is 1.06 bits per heavy atom. The van der Waals surface area contributed by atoms with Crippen molar-refractivity contribution >= 4 is 34.2 Å². The summed E-state index contributed by atoms with van der Waals surface area (Å²) in [5.41, 5.74) is 2.10. The molecule has 5 rings (SSSR count). The monoisotopic (exact) mass is 492 g/mol. The van der Waals surface area contributed by atoms with Gasteiger partial charge in [0.25, 0.3) is 5.56 Å². The van der Waals surface area contributed by atoms with Gasteiger partial charge in [-0.2, -0.15) is 9.78 Å². The molecule has 4 aromatic rings. The standard InChI is InChI=1S/C26H25ClN4O4/c1-2-34-26(33)23-19-10-6-7-11-21(19)35-22(23)17-29-12-14-30(15-13-29)20-16-28-31(25(32)24(20)27)18-8-4-3-5-9-18/h3-11,16H,2,12-15,17H2,1H3. The van der Waals surface area contributed by atoms with Crippen molar-refractivity contribution in [1.29, 1.82) is 0 Å². The minimum Gasteiger partial charge on any atom is -0.462 e. The molecule has 0 unspecified atom stereocenters. The summed E-state index contributed by atoms with van der Waals surface area (Å²) in [6.45, 7) is 5.30. The van der Waals surface area contributed by atoms with Crippen LogP contribution in [0.15, 0.2) is 70.0 Å². The van der Waals surface area contributed by atoms with Crippen molar-refractivity contribution in [2.45, 2.75) is 13.5 Å². The van der Waals surface area contributed by atoms with Crippen LogP contribution in [0.3, 0.4) is 0 Å². The number of nitrogens with zero attached hydrogens (tertiary/aromatic N) is 4. The highest BCUT2D eigenvalue weighted by Crippen LogP contribution is 2.29. The van der Waals surface area contributed by atoms with Gasteiger partial charge in [0.15, 0.2) is 0 Å². The number of para-hydroxylation sites is 2. The lowest BCUT2D eigenvalue weighted by Crippen LogP contribution is -2.46. The van der Waals surface area contributed by atoms with Crippen molar-refractivity contribution in [2.24, 2.45) is 0 Å². The van der Waals surface area contributed by atoms with Gasteiger partial charge in [0, 0.05) is 31.6 Å². The third-order valence-electron chi connectivity index (χ3n) is 6.13. The SMILES string of the molecule is CCOC(=O)c1c(CN2CCN(c3cnn(-c4ccccc4)c(=O)c3Cl)CC2)oc2ccccc12. The number of esters is 1. The second-order valence-corrected chi connectivity index (χ2v) is 8.65. The Morgan fingerprint density at radius 3 is 2.51 bits per heavy atom. The molecule has 1 aliphatic rings. The Hall–Kier alpha value is -3.62. The molecule has 0 atom stereocenters. The molecule has 1 aliphatic heterocycles. The average Bonchev–Trinajstić information content (AvgIpc) is 3.25. The van der Waals surface area contributed by atoms with E-state index in [1.54, 1.807) is 13.1 Å². The highest BCUT2D eigenvalue weighted by molar-refractivity contribution is 6.33. The van der Waals surface area contributed by atoms with Gasteiger partial charge in [-0.15, -0.1) is 0 Å². The molecule has 180 valence electrons. The van der Waals surface area contributed by atoms with Crippen molar-refractivity contribution in [3.05, 3.63) is 87.5 Å². The zero-order valence-corrected chi connectivity index (χ0v) is 20.1. The molecule has 8 nitrogen and oxygen atoms in total. The largest absolute Gasteiger partial charge is 0.462 e. The summed E-state index contributed by atoms with van der Waals surface area (Å²) in [7, 11) is 0. The maximum Gasteiger partial charge on any atom is 0.342 e. The molecular formula is C26H25ClN4O4. The van der Waals surface area contributed by atoms with Gasteiger partial charge in [0.2, 0.25) is 0 Å². The molecule has 2 aromatic carbocycles. The number of hydrogen-bond acceptors (Lipinski definition) is 7. The molecule has 0 radical (unpaired) electrons. The maximum atomic E-state index is 12.9. The quantitative estimate of drug-likeness (QED) is 0.374. The van der Waals surface area contributed by atoms with Crippen LogP contribution in [0.1, 0.15) is 23.0 Å². The number of rotatable bonds is 6. The summed E-state index contributed by atoms with van der Waals surface area (Å²) in [6.07, 6.45) is 1.64. The third kappa shape index (κ3) is 4.54. The summed E-state index contributed by atoms with van der Waals surface area (Å²) in [5.74, 6) is 0.228. The van der Waals surface area contributed by atoms with Crippen molar-refractivity contribution in [3.8, 4) is 5.69 Å². The van der Waals surface area contributed by atoms with Crippen LogP contribution in [0.25, 0.3) is 16.7 Å². The highest BCUT2D eigenvalue weighted by atomic mass is 35.5. The number of carbonyl (C=O) groups is 1. The fourth-order valence-electron chi connectivity index (χ4n) is 4.38. The molecule has 2 aromatic heterocycles. The fraction of sp³-hybridized carbons (Fsp3) is 0.269. The molecule has 1 saturated heterocycles. The Kier molecular flexibility index (Phi) is 6.57. The van der Waals surface area contributed by atoms with E-state index in [0.717, 1.165) is 5.39 Å². The molecule has 0 aliphatic carbocycles. The van der Waals surface area contributed by atoms with E-state index in [4.69, 9.17) is 20.8 Å². The molecule has 0 spiro atoms. The van der Waals surface area contributed by atoms with Crippen LogP contribution in [0.5, 0.6) is 0 Å². The van der Waals surface area contributed by atoms with E-state index in [9.17, 15) is 9.59 Å². The van der Waals surface area contributed by atoms with Crippen LogP contribution in [-0.2, 0) is 11.3 Å². The van der Waals surface area contributed by atoms with Crippen molar-refractivity contribution < 1.29 is 13.9 Å². The Bertz CT molecular complexity index is 1410. The summed E-state index contributed by atoms with van der Waals surface area (Å²) in [4.78, 5) is 29.8. The van der Waals surface area contributed by atoms with Gasteiger partial charge >= 0.3 is 5.97 Å². The first-order valence-electron chi connectivity index (χ1n) is 11.5. The Balaban J connectivity index is 1.32. The number of hydrogen-bond donors (Lipinski definition) is 0. The first-order valence-corrected chi connectivity index (χ1v) is 11.9. The van der Waals surface area contributed by atoms with E-state index in [1.807, 2.05) is 54.6 Å². The van der Waals surface area contributed by atoms with Crippen molar-refractivity contribution in [1.82, 2.24) is 14.7 Å². The predicted molar refractivity (Wildman–Crippen MR) is 135 cm³/mol. The third-order valence-corrected chi connectivity index (χ3v) is 6.48. The van der Waals surface area contributed by atoms with E-state index < -0.39 is 0 Å².